The van der Waals surface area contributed by atoms with Crippen molar-refractivity contribution >= 4 is 20.1 Å². The van der Waals surface area contributed by atoms with Gasteiger partial charge in [-0.25, -0.2) is 0 Å². The second-order valence-corrected chi connectivity index (χ2v) is 16.0. The summed E-state index contributed by atoms with van der Waals surface area (Å²) < 4.78 is 0. The normalized spacial score (nSPS) is 30.7. The van der Waals surface area contributed by atoms with Crippen LogP contribution in [0.5, 0.6) is 0 Å². The number of carbonyl (C=O) groups is 2. The Bertz CT molecular complexity index is 688. The SMILES string of the molecule is CC(C=O)C=C=CC(C)C1C([Si](C)(C)C(C)(C)C)=CC2(C)CCCC(=O)C12. The summed E-state index contributed by atoms with van der Waals surface area (Å²) in [4.78, 5) is 23.9. The first-order valence-electron chi connectivity index (χ1n) is 10.5. The van der Waals surface area contributed by atoms with Crippen molar-refractivity contribution in [3.05, 3.63) is 29.2 Å². The van der Waals surface area contributed by atoms with E-state index >= 15 is 0 Å². The lowest BCUT2D eigenvalue weighted by molar-refractivity contribution is -0.130. The van der Waals surface area contributed by atoms with Crippen LogP contribution in [0, 0.1) is 29.1 Å². The van der Waals surface area contributed by atoms with Crippen molar-refractivity contribution in [3.63, 3.8) is 0 Å². The highest BCUT2D eigenvalue weighted by molar-refractivity contribution is 6.87. The molecular weight excluding hydrogens is 348 g/mol. The van der Waals surface area contributed by atoms with Crippen molar-refractivity contribution in [1.82, 2.24) is 0 Å². The predicted octanol–water partition coefficient (Wildman–Crippen LogP) is 6.15. The molecule has 2 rings (SSSR count). The van der Waals surface area contributed by atoms with E-state index in [9.17, 15) is 9.59 Å². The molecule has 1 fully saturated rings. The first-order valence-corrected chi connectivity index (χ1v) is 13.5. The third-order valence-electron chi connectivity index (χ3n) is 7.50. The Morgan fingerprint density at radius 2 is 1.89 bits per heavy atom. The molecule has 0 amide bonds. The largest absolute Gasteiger partial charge is 0.303 e. The number of ketones is 1. The molecule has 0 aromatic heterocycles. The van der Waals surface area contributed by atoms with E-state index in [1.54, 1.807) is 5.20 Å². The van der Waals surface area contributed by atoms with Gasteiger partial charge in [-0.2, -0.15) is 0 Å². The summed E-state index contributed by atoms with van der Waals surface area (Å²) in [6.07, 6.45) is 10.2. The molecular formula is C24H38O2Si. The molecule has 5 atom stereocenters. The Balaban J connectivity index is 2.52. The zero-order chi connectivity index (χ0) is 20.6. The van der Waals surface area contributed by atoms with Crippen LogP contribution in [0.2, 0.25) is 18.1 Å². The molecule has 5 unspecified atom stereocenters. The van der Waals surface area contributed by atoms with Crippen LogP contribution in [-0.4, -0.2) is 20.1 Å². The fraction of sp³-hybridized carbons (Fsp3) is 0.708. The highest BCUT2D eigenvalue weighted by Crippen LogP contribution is 2.59. The standard InChI is InChI=1S/C24H38O2Si/c1-17(16-25)11-9-12-18(2)21-20(27(7,8)23(3,4)5)15-24(6)14-10-13-19(26)22(21)24/h11-12,15-18,21-22H,10,13-14H2,1-8H3. The lowest BCUT2D eigenvalue weighted by Crippen LogP contribution is -2.45. The van der Waals surface area contributed by atoms with Crippen LogP contribution in [-0.2, 0) is 9.59 Å². The van der Waals surface area contributed by atoms with Gasteiger partial charge in [0.2, 0.25) is 0 Å². The van der Waals surface area contributed by atoms with Gasteiger partial charge < -0.3 is 4.79 Å². The van der Waals surface area contributed by atoms with E-state index in [0.29, 0.717) is 5.78 Å². The van der Waals surface area contributed by atoms with Crippen molar-refractivity contribution in [2.24, 2.45) is 29.1 Å². The minimum atomic E-state index is -1.74. The Morgan fingerprint density at radius 3 is 2.44 bits per heavy atom. The van der Waals surface area contributed by atoms with Crippen LogP contribution in [0.15, 0.2) is 29.2 Å². The smallest absolute Gasteiger partial charge is 0.137 e. The Labute approximate surface area is 167 Å². The maximum absolute atomic E-state index is 13.0. The van der Waals surface area contributed by atoms with E-state index < -0.39 is 8.07 Å². The summed E-state index contributed by atoms with van der Waals surface area (Å²) in [6.45, 7) is 18.4. The van der Waals surface area contributed by atoms with E-state index in [0.717, 1.165) is 25.5 Å². The van der Waals surface area contributed by atoms with Gasteiger partial charge in [0.05, 0.1) is 8.07 Å². The number of fused-ring (bicyclic) bond motifs is 1. The Hall–Kier alpha value is -1.18. The molecule has 150 valence electrons. The minimum absolute atomic E-state index is 0.00670. The first-order chi connectivity index (χ1) is 12.3. The summed E-state index contributed by atoms with van der Waals surface area (Å²) >= 11 is 0. The summed E-state index contributed by atoms with van der Waals surface area (Å²) in [6, 6.07) is 0. The number of Topliss-reactive ketones (excluding diaryl/α,β-unsaturated/α-hetero) is 1. The van der Waals surface area contributed by atoms with Crippen LogP contribution >= 0.6 is 0 Å². The minimum Gasteiger partial charge on any atom is -0.303 e. The topological polar surface area (TPSA) is 34.1 Å². The lowest BCUT2D eigenvalue weighted by Gasteiger charge is -2.43. The number of hydrogen-bond donors (Lipinski definition) is 0. The fourth-order valence-corrected chi connectivity index (χ4v) is 7.66. The van der Waals surface area contributed by atoms with Gasteiger partial charge >= 0.3 is 0 Å². The van der Waals surface area contributed by atoms with Gasteiger partial charge in [-0.1, -0.05) is 65.9 Å². The zero-order valence-corrected chi connectivity index (χ0v) is 19.6. The van der Waals surface area contributed by atoms with Crippen molar-refractivity contribution < 1.29 is 9.59 Å². The summed E-state index contributed by atoms with van der Waals surface area (Å²) in [5.41, 5.74) is 3.25. The second kappa shape index (κ2) is 7.68. The average molecular weight is 387 g/mol. The highest BCUT2D eigenvalue weighted by Gasteiger charge is 2.56. The van der Waals surface area contributed by atoms with Gasteiger partial charge in [-0.05, 0) is 47.3 Å². The molecule has 2 nitrogen and oxygen atoms in total. The van der Waals surface area contributed by atoms with E-state index in [-0.39, 0.29) is 34.1 Å². The fourth-order valence-electron chi connectivity index (χ4n) is 4.84. The lowest BCUT2D eigenvalue weighted by atomic mass is 9.64. The Kier molecular flexibility index (Phi) is 6.29. The first kappa shape index (κ1) is 22.1. The zero-order valence-electron chi connectivity index (χ0n) is 18.6. The molecule has 0 aromatic rings. The van der Waals surface area contributed by atoms with Crippen LogP contribution in [0.3, 0.4) is 0 Å². The van der Waals surface area contributed by atoms with Gasteiger partial charge in [-0.15, -0.1) is 5.73 Å². The van der Waals surface area contributed by atoms with E-state index in [1.807, 2.05) is 13.0 Å². The molecule has 0 saturated heterocycles. The van der Waals surface area contributed by atoms with E-state index in [2.05, 4.69) is 65.6 Å². The van der Waals surface area contributed by atoms with E-state index in [4.69, 9.17) is 0 Å². The molecule has 1 saturated carbocycles. The third-order valence-corrected chi connectivity index (χ3v) is 13.2. The van der Waals surface area contributed by atoms with Crippen LogP contribution < -0.4 is 0 Å². The second-order valence-electron chi connectivity index (χ2n) is 10.7. The molecule has 27 heavy (non-hydrogen) atoms. The molecule has 0 spiro atoms. The van der Waals surface area contributed by atoms with Gasteiger partial charge in [0.25, 0.3) is 0 Å². The summed E-state index contributed by atoms with van der Waals surface area (Å²) in [5.74, 6) is 0.954. The van der Waals surface area contributed by atoms with Crippen LogP contribution in [0.25, 0.3) is 0 Å². The molecule has 0 aliphatic heterocycles. The molecule has 0 N–H and O–H groups in total. The molecule has 2 aliphatic rings. The monoisotopic (exact) mass is 386 g/mol. The number of rotatable bonds is 5. The molecule has 0 aromatic carbocycles. The van der Waals surface area contributed by atoms with Crippen LogP contribution in [0.1, 0.15) is 60.8 Å². The molecule has 3 heteroatoms. The molecule has 0 bridgehead atoms. The third kappa shape index (κ3) is 4.15. The average Bonchev–Trinajstić information content (AvgIpc) is 2.88. The van der Waals surface area contributed by atoms with Crippen molar-refractivity contribution in [3.8, 4) is 0 Å². The molecule has 2 aliphatic carbocycles. The van der Waals surface area contributed by atoms with Gasteiger partial charge in [0.15, 0.2) is 0 Å². The van der Waals surface area contributed by atoms with E-state index in [1.165, 1.54) is 0 Å². The quantitative estimate of drug-likeness (QED) is 0.323. The number of allylic oxidation sites excluding steroid dienone is 3. The Morgan fingerprint density at radius 1 is 1.26 bits per heavy atom. The van der Waals surface area contributed by atoms with Gasteiger partial charge in [0.1, 0.15) is 12.1 Å². The van der Waals surface area contributed by atoms with Gasteiger partial charge in [-0.3, -0.25) is 4.79 Å². The number of carbonyl (C=O) groups excluding carboxylic acids is 2. The number of aldehydes is 1. The van der Waals surface area contributed by atoms with Crippen molar-refractivity contribution in [2.45, 2.75) is 78.9 Å². The summed E-state index contributed by atoms with van der Waals surface area (Å²) in [7, 11) is -1.74. The molecule has 0 radical (unpaired) electrons. The predicted molar refractivity (Wildman–Crippen MR) is 116 cm³/mol. The van der Waals surface area contributed by atoms with Crippen molar-refractivity contribution in [2.75, 3.05) is 0 Å². The van der Waals surface area contributed by atoms with Crippen LogP contribution in [0.4, 0.5) is 0 Å². The summed E-state index contributed by atoms with van der Waals surface area (Å²) in [5, 5.41) is 1.82. The molecule has 0 heterocycles. The number of hydrogen-bond acceptors (Lipinski definition) is 2. The van der Waals surface area contributed by atoms with Crippen molar-refractivity contribution in [1.29, 1.82) is 0 Å². The maximum Gasteiger partial charge on any atom is 0.137 e. The van der Waals surface area contributed by atoms with Gasteiger partial charge in [0, 0.05) is 18.3 Å². The maximum atomic E-state index is 13.0. The highest BCUT2D eigenvalue weighted by atomic mass is 28.3.